The van der Waals surface area contributed by atoms with E-state index in [0.717, 1.165) is 39.9 Å². The Hall–Kier alpha value is -1.99. The Labute approximate surface area is 142 Å². The predicted molar refractivity (Wildman–Crippen MR) is 94.6 cm³/mol. The highest BCUT2D eigenvalue weighted by Crippen LogP contribution is 2.24. The van der Waals surface area contributed by atoms with E-state index in [0.29, 0.717) is 5.56 Å². The van der Waals surface area contributed by atoms with E-state index in [-0.39, 0.29) is 11.9 Å². The van der Waals surface area contributed by atoms with Gasteiger partial charge in [0, 0.05) is 36.3 Å². The molecule has 1 aromatic carbocycles. The maximum atomic E-state index is 12.5. The number of rotatable bonds is 3. The lowest BCUT2D eigenvalue weighted by molar-refractivity contribution is 0.0940. The molecular weight excluding hydrogens is 328 g/mol. The number of carbonyl (C=O) groups excluding carboxylic acids is 1. The Morgan fingerprint density at radius 3 is 3.17 bits per heavy atom. The van der Waals surface area contributed by atoms with Crippen LogP contribution in [0.2, 0.25) is 0 Å². The predicted octanol–water partition coefficient (Wildman–Crippen LogP) is 3.07. The smallest absolute Gasteiger partial charge is 0.251 e. The number of amides is 1. The molecule has 3 aromatic rings. The van der Waals surface area contributed by atoms with E-state index in [2.05, 4.69) is 20.2 Å². The fourth-order valence-corrected chi connectivity index (χ4v) is 4.42. The van der Waals surface area contributed by atoms with Gasteiger partial charge in [0.2, 0.25) is 0 Å². The molecule has 1 amide bonds. The minimum Gasteiger partial charge on any atom is -0.347 e. The van der Waals surface area contributed by atoms with Gasteiger partial charge in [0.15, 0.2) is 5.13 Å². The number of nitrogens with zero attached hydrogens (tertiary/aromatic N) is 3. The van der Waals surface area contributed by atoms with Gasteiger partial charge in [-0.1, -0.05) is 0 Å². The van der Waals surface area contributed by atoms with Crippen molar-refractivity contribution in [1.82, 2.24) is 15.3 Å². The van der Waals surface area contributed by atoms with Crippen LogP contribution in [-0.2, 0) is 0 Å². The molecule has 118 valence electrons. The van der Waals surface area contributed by atoms with E-state index in [4.69, 9.17) is 0 Å². The highest BCUT2D eigenvalue weighted by molar-refractivity contribution is 7.18. The number of hydrogen-bond acceptors (Lipinski definition) is 6. The van der Waals surface area contributed by atoms with E-state index < -0.39 is 0 Å². The van der Waals surface area contributed by atoms with Gasteiger partial charge in [0.25, 0.3) is 5.91 Å². The molecular formula is C16H16N4OS2. The summed E-state index contributed by atoms with van der Waals surface area (Å²) in [6.45, 7) is 3.74. The fourth-order valence-electron chi connectivity index (χ4n) is 2.87. The van der Waals surface area contributed by atoms with Gasteiger partial charge >= 0.3 is 0 Å². The molecule has 1 atom stereocenters. The molecule has 4 rings (SSSR count). The summed E-state index contributed by atoms with van der Waals surface area (Å²) in [5, 5.41) is 7.17. The number of aromatic nitrogens is 2. The van der Waals surface area contributed by atoms with Crippen LogP contribution in [0.3, 0.4) is 0 Å². The van der Waals surface area contributed by atoms with Crippen LogP contribution in [-0.4, -0.2) is 35.0 Å². The van der Waals surface area contributed by atoms with Gasteiger partial charge in [-0.2, -0.15) is 0 Å². The third-order valence-corrected chi connectivity index (χ3v) is 5.74. The van der Waals surface area contributed by atoms with Crippen LogP contribution in [0.25, 0.3) is 10.2 Å². The zero-order valence-corrected chi connectivity index (χ0v) is 14.3. The molecule has 0 radical (unpaired) electrons. The molecule has 0 saturated carbocycles. The molecule has 0 aliphatic carbocycles. The average Bonchev–Trinajstić information content (AvgIpc) is 3.25. The number of nitrogens with one attached hydrogen (secondary N) is 1. The van der Waals surface area contributed by atoms with Crippen LogP contribution in [0.15, 0.2) is 29.8 Å². The first-order valence-corrected chi connectivity index (χ1v) is 9.21. The summed E-state index contributed by atoms with van der Waals surface area (Å²) in [5.74, 6) is -0.0102. The molecule has 1 unspecified atom stereocenters. The minimum atomic E-state index is -0.0102. The molecule has 5 nitrogen and oxygen atoms in total. The first kappa shape index (κ1) is 14.6. The number of benzene rings is 1. The molecule has 3 heterocycles. The third-order valence-electron chi connectivity index (χ3n) is 3.97. The van der Waals surface area contributed by atoms with Gasteiger partial charge in [0.1, 0.15) is 0 Å². The second kappa shape index (κ2) is 5.90. The largest absolute Gasteiger partial charge is 0.347 e. The molecule has 0 bridgehead atoms. The van der Waals surface area contributed by atoms with Crippen LogP contribution < -0.4 is 10.2 Å². The van der Waals surface area contributed by atoms with Gasteiger partial charge in [-0.3, -0.25) is 4.79 Å². The zero-order valence-electron chi connectivity index (χ0n) is 12.7. The maximum absolute atomic E-state index is 12.5. The van der Waals surface area contributed by atoms with Gasteiger partial charge in [0.05, 0.1) is 15.2 Å². The lowest BCUT2D eigenvalue weighted by atomic mass is 10.2. The lowest BCUT2D eigenvalue weighted by Gasteiger charge is -2.15. The molecule has 1 N–H and O–H groups in total. The van der Waals surface area contributed by atoms with Crippen LogP contribution in [0, 0.1) is 6.92 Å². The summed E-state index contributed by atoms with van der Waals surface area (Å²) in [6.07, 6.45) is 2.77. The fraction of sp³-hybridized carbons (Fsp3) is 0.312. The quantitative estimate of drug-likeness (QED) is 0.793. The van der Waals surface area contributed by atoms with Crippen molar-refractivity contribution in [2.45, 2.75) is 19.4 Å². The molecule has 1 fully saturated rings. The summed E-state index contributed by atoms with van der Waals surface area (Å²) in [7, 11) is 0. The first-order valence-electron chi connectivity index (χ1n) is 7.51. The summed E-state index contributed by atoms with van der Waals surface area (Å²) in [4.78, 5) is 23.5. The molecule has 1 aliphatic rings. The Morgan fingerprint density at radius 2 is 2.35 bits per heavy atom. The number of aryl methyl sites for hydroxylation is 1. The van der Waals surface area contributed by atoms with E-state index >= 15 is 0 Å². The standard InChI is InChI=1S/C16H16N4OS2/c1-10-18-13-3-2-11(8-14(13)23-10)15(21)19-12-4-6-20(9-12)16-17-5-7-22-16/h2-3,5,7-8,12H,4,6,9H2,1H3,(H,19,21). The maximum Gasteiger partial charge on any atom is 0.251 e. The van der Waals surface area contributed by atoms with E-state index in [1.165, 1.54) is 0 Å². The summed E-state index contributed by atoms with van der Waals surface area (Å²) in [5.41, 5.74) is 1.66. The van der Waals surface area contributed by atoms with Crippen molar-refractivity contribution in [2.24, 2.45) is 0 Å². The molecule has 1 aliphatic heterocycles. The number of anilines is 1. The average molecular weight is 344 g/mol. The SMILES string of the molecule is Cc1nc2ccc(C(=O)NC3CCN(c4nccs4)C3)cc2s1. The van der Waals surface area contributed by atoms with Crippen LogP contribution >= 0.6 is 22.7 Å². The second-order valence-corrected chi connectivity index (χ2v) is 7.74. The van der Waals surface area contributed by atoms with Crippen LogP contribution in [0.5, 0.6) is 0 Å². The van der Waals surface area contributed by atoms with Gasteiger partial charge in [-0.15, -0.1) is 22.7 Å². The molecule has 7 heteroatoms. The van der Waals surface area contributed by atoms with Crippen molar-refractivity contribution in [3.63, 3.8) is 0 Å². The Kier molecular flexibility index (Phi) is 3.74. The number of fused-ring (bicyclic) bond motifs is 1. The minimum absolute atomic E-state index is 0.0102. The van der Waals surface area contributed by atoms with Gasteiger partial charge in [-0.25, -0.2) is 9.97 Å². The summed E-state index contributed by atoms with van der Waals surface area (Å²) < 4.78 is 1.06. The Morgan fingerprint density at radius 1 is 1.43 bits per heavy atom. The third kappa shape index (κ3) is 2.94. The molecule has 23 heavy (non-hydrogen) atoms. The topological polar surface area (TPSA) is 58.1 Å². The highest BCUT2D eigenvalue weighted by Gasteiger charge is 2.25. The molecule has 2 aromatic heterocycles. The van der Waals surface area contributed by atoms with Gasteiger partial charge < -0.3 is 10.2 Å². The first-order chi connectivity index (χ1) is 11.2. The zero-order chi connectivity index (χ0) is 15.8. The van der Waals surface area contributed by atoms with Crippen LogP contribution in [0.4, 0.5) is 5.13 Å². The van der Waals surface area contributed by atoms with Crippen molar-refractivity contribution in [3.05, 3.63) is 40.3 Å². The van der Waals surface area contributed by atoms with E-state index in [1.807, 2.05) is 36.7 Å². The van der Waals surface area contributed by atoms with E-state index in [1.54, 1.807) is 22.7 Å². The Bertz CT molecular complexity index is 843. The van der Waals surface area contributed by atoms with Gasteiger partial charge in [-0.05, 0) is 31.5 Å². The number of hydrogen-bond donors (Lipinski definition) is 1. The number of thiazole rings is 2. The Balaban J connectivity index is 1.45. The van der Waals surface area contributed by atoms with E-state index in [9.17, 15) is 4.79 Å². The van der Waals surface area contributed by atoms with Crippen molar-refractivity contribution in [3.8, 4) is 0 Å². The molecule has 0 spiro atoms. The van der Waals surface area contributed by atoms with Crippen molar-refractivity contribution in [2.75, 3.05) is 18.0 Å². The monoisotopic (exact) mass is 344 g/mol. The second-order valence-electron chi connectivity index (χ2n) is 5.64. The van der Waals surface area contributed by atoms with Crippen molar-refractivity contribution >= 4 is 43.9 Å². The summed E-state index contributed by atoms with van der Waals surface area (Å²) in [6, 6.07) is 5.88. The van der Waals surface area contributed by atoms with Crippen molar-refractivity contribution < 1.29 is 4.79 Å². The molecule has 1 saturated heterocycles. The lowest BCUT2D eigenvalue weighted by Crippen LogP contribution is -2.37. The van der Waals surface area contributed by atoms with Crippen molar-refractivity contribution in [1.29, 1.82) is 0 Å². The summed E-state index contributed by atoms with van der Waals surface area (Å²) >= 11 is 3.26. The number of carbonyl (C=O) groups is 1. The normalized spacial score (nSPS) is 17.8. The van der Waals surface area contributed by atoms with Crippen LogP contribution in [0.1, 0.15) is 21.8 Å². The highest BCUT2D eigenvalue weighted by atomic mass is 32.1.